The van der Waals surface area contributed by atoms with Gasteiger partial charge < -0.3 is 9.73 Å². The molecule has 3 rings (SSSR count). The maximum absolute atomic E-state index is 12.3. The third kappa shape index (κ3) is 6.08. The number of hydrogen-bond acceptors (Lipinski definition) is 4. The van der Waals surface area contributed by atoms with Crippen molar-refractivity contribution in [2.45, 2.75) is 25.1 Å². The Labute approximate surface area is 164 Å². The summed E-state index contributed by atoms with van der Waals surface area (Å²) < 4.78 is 5.30. The maximum Gasteiger partial charge on any atom is 0.223 e. The van der Waals surface area contributed by atoms with Crippen LogP contribution in [0, 0.1) is 5.92 Å². The Morgan fingerprint density at radius 1 is 1.23 bits per heavy atom. The van der Waals surface area contributed by atoms with E-state index in [0.717, 1.165) is 61.3 Å². The van der Waals surface area contributed by atoms with Crippen LogP contribution < -0.4 is 5.32 Å². The number of thioether (sulfide) groups is 1. The van der Waals surface area contributed by atoms with Gasteiger partial charge >= 0.3 is 0 Å². The molecule has 26 heavy (non-hydrogen) atoms. The van der Waals surface area contributed by atoms with E-state index in [-0.39, 0.29) is 11.8 Å². The van der Waals surface area contributed by atoms with Gasteiger partial charge in [0.05, 0.1) is 12.0 Å². The van der Waals surface area contributed by atoms with E-state index < -0.39 is 0 Å². The number of carbonyl (C=O) groups excluding carboxylic acids is 1. The first-order chi connectivity index (χ1) is 12.7. The minimum atomic E-state index is 0.145. The molecule has 0 bridgehead atoms. The predicted octanol–water partition coefficient (Wildman–Crippen LogP) is 4.19. The number of carbonyl (C=O) groups is 1. The van der Waals surface area contributed by atoms with Crippen molar-refractivity contribution in [1.29, 1.82) is 0 Å². The number of rotatable bonds is 8. The van der Waals surface area contributed by atoms with Gasteiger partial charge in [-0.25, -0.2) is 0 Å². The van der Waals surface area contributed by atoms with Gasteiger partial charge in [0.2, 0.25) is 5.91 Å². The first-order valence-corrected chi connectivity index (χ1v) is 10.6. The summed E-state index contributed by atoms with van der Waals surface area (Å²) in [5.74, 6) is 3.09. The molecule has 2 aromatic rings. The third-order valence-electron chi connectivity index (χ3n) is 4.65. The number of nitrogens with zero attached hydrogens (tertiary/aromatic N) is 1. The summed E-state index contributed by atoms with van der Waals surface area (Å²) in [6, 6.07) is 11.9. The predicted molar refractivity (Wildman–Crippen MR) is 107 cm³/mol. The van der Waals surface area contributed by atoms with Crippen LogP contribution in [0.4, 0.5) is 0 Å². The number of piperidine rings is 1. The monoisotopic (exact) mass is 392 g/mol. The zero-order valence-corrected chi connectivity index (χ0v) is 16.4. The Morgan fingerprint density at radius 3 is 2.69 bits per heavy atom. The van der Waals surface area contributed by atoms with E-state index in [0.29, 0.717) is 0 Å². The van der Waals surface area contributed by atoms with Gasteiger partial charge in [0.15, 0.2) is 0 Å². The number of furan rings is 1. The minimum absolute atomic E-state index is 0.145. The Kier molecular flexibility index (Phi) is 7.47. The van der Waals surface area contributed by atoms with Crippen LogP contribution in [-0.4, -0.2) is 36.2 Å². The van der Waals surface area contributed by atoms with Crippen molar-refractivity contribution in [2.24, 2.45) is 5.92 Å². The highest BCUT2D eigenvalue weighted by Gasteiger charge is 2.24. The van der Waals surface area contributed by atoms with Gasteiger partial charge in [0.1, 0.15) is 5.76 Å². The molecule has 0 aliphatic carbocycles. The third-order valence-corrected chi connectivity index (χ3v) is 5.88. The Balaban J connectivity index is 1.30. The molecule has 4 nitrogen and oxygen atoms in total. The van der Waals surface area contributed by atoms with Crippen molar-refractivity contribution < 1.29 is 9.21 Å². The van der Waals surface area contributed by atoms with Gasteiger partial charge in [-0.05, 0) is 55.8 Å². The molecular formula is C20H25ClN2O2S. The second-order valence-electron chi connectivity index (χ2n) is 6.60. The molecule has 1 amide bonds. The van der Waals surface area contributed by atoms with Crippen molar-refractivity contribution in [3.8, 4) is 0 Å². The second-order valence-corrected chi connectivity index (χ2v) is 8.14. The molecule has 1 aromatic carbocycles. The number of amides is 1. The Hall–Kier alpha value is -1.43. The van der Waals surface area contributed by atoms with Crippen LogP contribution in [0.2, 0.25) is 5.02 Å². The van der Waals surface area contributed by atoms with Crippen molar-refractivity contribution in [3.05, 3.63) is 59.0 Å². The highest BCUT2D eigenvalue weighted by Crippen LogP contribution is 2.20. The zero-order valence-electron chi connectivity index (χ0n) is 14.8. The standard InChI is InChI=1S/C20H25ClN2O2S/c21-18-5-3-16(4-6-18)14-23-10-7-17(8-11-23)20(24)22-9-13-26-15-19-2-1-12-25-19/h1-6,12,17H,7-11,13-15H2,(H,22,24). The molecule has 1 N–H and O–H groups in total. The molecule has 0 atom stereocenters. The van der Waals surface area contributed by atoms with E-state index in [9.17, 15) is 4.79 Å². The number of hydrogen-bond donors (Lipinski definition) is 1. The SMILES string of the molecule is O=C(NCCSCc1ccco1)C1CCN(Cc2ccc(Cl)cc2)CC1. The summed E-state index contributed by atoms with van der Waals surface area (Å²) in [7, 11) is 0. The van der Waals surface area contributed by atoms with E-state index >= 15 is 0 Å². The van der Waals surface area contributed by atoms with Crippen LogP contribution in [-0.2, 0) is 17.1 Å². The summed E-state index contributed by atoms with van der Waals surface area (Å²) in [5.41, 5.74) is 1.27. The Bertz CT molecular complexity index is 668. The number of benzene rings is 1. The quantitative estimate of drug-likeness (QED) is 0.684. The molecule has 1 saturated heterocycles. The van der Waals surface area contributed by atoms with E-state index in [1.807, 2.05) is 24.3 Å². The molecular weight excluding hydrogens is 368 g/mol. The average Bonchev–Trinajstić information content (AvgIpc) is 3.17. The molecule has 2 heterocycles. The molecule has 140 valence electrons. The highest BCUT2D eigenvalue weighted by atomic mass is 35.5. The number of likely N-dealkylation sites (tertiary alicyclic amines) is 1. The van der Waals surface area contributed by atoms with E-state index in [1.54, 1.807) is 18.0 Å². The van der Waals surface area contributed by atoms with Crippen LogP contribution in [0.1, 0.15) is 24.2 Å². The molecule has 1 aromatic heterocycles. The lowest BCUT2D eigenvalue weighted by Gasteiger charge is -2.31. The van der Waals surface area contributed by atoms with Crippen molar-refractivity contribution in [3.63, 3.8) is 0 Å². The van der Waals surface area contributed by atoms with Gasteiger partial charge in [0, 0.05) is 29.8 Å². The van der Waals surface area contributed by atoms with E-state index in [1.165, 1.54) is 5.56 Å². The second kappa shape index (κ2) is 10.0. The molecule has 1 fully saturated rings. The van der Waals surface area contributed by atoms with Crippen molar-refractivity contribution in [2.75, 3.05) is 25.4 Å². The lowest BCUT2D eigenvalue weighted by molar-refractivity contribution is -0.126. The van der Waals surface area contributed by atoms with Gasteiger partial charge in [0.25, 0.3) is 0 Å². The van der Waals surface area contributed by atoms with Crippen molar-refractivity contribution in [1.82, 2.24) is 10.2 Å². The van der Waals surface area contributed by atoms with Gasteiger partial charge in [-0.1, -0.05) is 23.7 Å². The normalized spacial score (nSPS) is 15.9. The maximum atomic E-state index is 12.3. The molecule has 0 radical (unpaired) electrons. The first kappa shape index (κ1) is 19.3. The topological polar surface area (TPSA) is 45.5 Å². The van der Waals surface area contributed by atoms with Crippen LogP contribution >= 0.6 is 23.4 Å². The molecule has 0 unspecified atom stereocenters. The lowest BCUT2D eigenvalue weighted by Crippen LogP contribution is -2.40. The fraction of sp³-hybridized carbons (Fsp3) is 0.450. The molecule has 0 saturated carbocycles. The highest BCUT2D eigenvalue weighted by molar-refractivity contribution is 7.98. The largest absolute Gasteiger partial charge is 0.468 e. The van der Waals surface area contributed by atoms with Gasteiger partial charge in [-0.2, -0.15) is 11.8 Å². The summed E-state index contributed by atoms with van der Waals surface area (Å²) in [5, 5.41) is 3.85. The smallest absolute Gasteiger partial charge is 0.223 e. The average molecular weight is 393 g/mol. The van der Waals surface area contributed by atoms with Gasteiger partial charge in [-0.3, -0.25) is 9.69 Å². The summed E-state index contributed by atoms with van der Waals surface area (Å²) >= 11 is 7.71. The number of nitrogens with one attached hydrogen (secondary N) is 1. The molecule has 1 aliphatic rings. The van der Waals surface area contributed by atoms with Crippen LogP contribution in [0.5, 0.6) is 0 Å². The number of halogens is 1. The minimum Gasteiger partial charge on any atom is -0.468 e. The van der Waals surface area contributed by atoms with Crippen LogP contribution in [0.3, 0.4) is 0 Å². The summed E-state index contributed by atoms with van der Waals surface area (Å²) in [6.07, 6.45) is 3.55. The van der Waals surface area contributed by atoms with E-state index in [2.05, 4.69) is 22.3 Å². The molecule has 6 heteroatoms. The van der Waals surface area contributed by atoms with Crippen LogP contribution in [0.25, 0.3) is 0 Å². The lowest BCUT2D eigenvalue weighted by atomic mass is 9.95. The fourth-order valence-electron chi connectivity index (χ4n) is 3.16. The summed E-state index contributed by atoms with van der Waals surface area (Å²) in [4.78, 5) is 14.7. The molecule has 0 spiro atoms. The Morgan fingerprint density at radius 2 is 2.00 bits per heavy atom. The first-order valence-electron chi connectivity index (χ1n) is 9.05. The zero-order chi connectivity index (χ0) is 18.2. The fourth-order valence-corrected chi connectivity index (χ4v) is 4.04. The van der Waals surface area contributed by atoms with Crippen LogP contribution in [0.15, 0.2) is 47.1 Å². The van der Waals surface area contributed by atoms with Gasteiger partial charge in [-0.15, -0.1) is 0 Å². The van der Waals surface area contributed by atoms with E-state index in [4.69, 9.17) is 16.0 Å². The molecule has 1 aliphatic heterocycles. The summed E-state index contributed by atoms with van der Waals surface area (Å²) in [6.45, 7) is 3.58. The van der Waals surface area contributed by atoms with Crippen molar-refractivity contribution >= 4 is 29.3 Å².